The Bertz CT molecular complexity index is 813. The second-order valence-corrected chi connectivity index (χ2v) is 5.59. The van der Waals surface area contributed by atoms with Crippen molar-refractivity contribution in [3.63, 3.8) is 0 Å². The van der Waals surface area contributed by atoms with Crippen LogP contribution in [-0.2, 0) is 0 Å². The summed E-state index contributed by atoms with van der Waals surface area (Å²) in [5.74, 6) is 0.472. The SMILES string of the molecule is Cc1ccc(Cl)cc1-c1cc2ccc(Cl)cc2c(N)n1. The number of fused-ring (bicyclic) bond motifs is 1. The van der Waals surface area contributed by atoms with Crippen LogP contribution < -0.4 is 5.73 Å². The molecule has 0 amide bonds. The summed E-state index contributed by atoms with van der Waals surface area (Å²) in [5.41, 5.74) is 8.96. The summed E-state index contributed by atoms with van der Waals surface area (Å²) >= 11 is 12.1. The van der Waals surface area contributed by atoms with Gasteiger partial charge in [-0.2, -0.15) is 0 Å². The van der Waals surface area contributed by atoms with Gasteiger partial charge < -0.3 is 5.73 Å². The molecule has 0 fully saturated rings. The molecule has 0 aliphatic rings. The predicted octanol–water partition coefficient (Wildman–Crippen LogP) is 5.10. The third-order valence-electron chi connectivity index (χ3n) is 3.30. The monoisotopic (exact) mass is 302 g/mol. The average Bonchev–Trinajstić information content (AvgIpc) is 2.42. The third-order valence-corrected chi connectivity index (χ3v) is 3.77. The number of pyridine rings is 1. The lowest BCUT2D eigenvalue weighted by molar-refractivity contribution is 1.33. The highest BCUT2D eigenvalue weighted by molar-refractivity contribution is 6.31. The Labute approximate surface area is 127 Å². The maximum Gasteiger partial charge on any atom is 0.132 e. The molecule has 0 aliphatic heterocycles. The quantitative estimate of drug-likeness (QED) is 0.679. The molecule has 0 saturated heterocycles. The molecule has 0 aliphatic carbocycles. The van der Waals surface area contributed by atoms with Gasteiger partial charge in [0.05, 0.1) is 5.69 Å². The van der Waals surface area contributed by atoms with E-state index in [1.165, 1.54) is 0 Å². The molecule has 3 aromatic rings. The standard InChI is InChI=1S/C16H12Cl2N2/c1-9-2-4-11(17)7-13(9)15-6-10-3-5-12(18)8-14(10)16(19)20-15/h2-8H,1H3,(H2,19,20). The minimum absolute atomic E-state index is 0.472. The van der Waals surface area contributed by atoms with Crippen LogP contribution in [0.15, 0.2) is 42.5 Å². The molecule has 0 spiro atoms. The number of aromatic nitrogens is 1. The van der Waals surface area contributed by atoms with Crippen LogP contribution in [-0.4, -0.2) is 4.98 Å². The fourth-order valence-electron chi connectivity index (χ4n) is 2.25. The van der Waals surface area contributed by atoms with Crippen molar-refractivity contribution in [3.05, 3.63) is 58.1 Å². The van der Waals surface area contributed by atoms with Crippen LogP contribution in [0.1, 0.15) is 5.56 Å². The third kappa shape index (κ3) is 2.33. The number of anilines is 1. The fraction of sp³-hybridized carbons (Fsp3) is 0.0625. The number of hydrogen-bond donors (Lipinski definition) is 1. The molecule has 0 atom stereocenters. The molecule has 0 saturated carbocycles. The van der Waals surface area contributed by atoms with Crippen LogP contribution in [0.4, 0.5) is 5.82 Å². The first-order valence-electron chi connectivity index (χ1n) is 6.17. The first-order valence-corrected chi connectivity index (χ1v) is 6.92. The van der Waals surface area contributed by atoms with E-state index in [-0.39, 0.29) is 0 Å². The zero-order valence-corrected chi connectivity index (χ0v) is 12.3. The number of nitrogens with two attached hydrogens (primary N) is 1. The molecule has 1 heterocycles. The number of aryl methyl sites for hydroxylation is 1. The van der Waals surface area contributed by atoms with Gasteiger partial charge in [0.25, 0.3) is 0 Å². The Kier molecular flexibility index (Phi) is 3.28. The van der Waals surface area contributed by atoms with E-state index in [9.17, 15) is 0 Å². The van der Waals surface area contributed by atoms with E-state index in [1.54, 1.807) is 0 Å². The summed E-state index contributed by atoms with van der Waals surface area (Å²) in [6, 6.07) is 13.4. The first kappa shape index (κ1) is 13.2. The van der Waals surface area contributed by atoms with Crippen molar-refractivity contribution in [1.29, 1.82) is 0 Å². The van der Waals surface area contributed by atoms with Crippen molar-refractivity contribution >= 4 is 39.8 Å². The number of benzene rings is 2. The molecule has 2 aromatic carbocycles. The van der Waals surface area contributed by atoms with Crippen molar-refractivity contribution in [1.82, 2.24) is 4.98 Å². The predicted molar refractivity (Wildman–Crippen MR) is 86.3 cm³/mol. The van der Waals surface area contributed by atoms with Crippen LogP contribution in [0.3, 0.4) is 0 Å². The smallest absolute Gasteiger partial charge is 0.132 e. The van der Waals surface area contributed by atoms with Gasteiger partial charge in [0.15, 0.2) is 0 Å². The van der Waals surface area contributed by atoms with Gasteiger partial charge in [-0.05, 0) is 48.2 Å². The number of nitrogen functional groups attached to an aromatic ring is 1. The number of rotatable bonds is 1. The van der Waals surface area contributed by atoms with Gasteiger partial charge >= 0.3 is 0 Å². The Morgan fingerprint density at radius 3 is 2.45 bits per heavy atom. The Morgan fingerprint density at radius 2 is 1.65 bits per heavy atom. The van der Waals surface area contributed by atoms with Crippen LogP contribution in [0.2, 0.25) is 10.0 Å². The Morgan fingerprint density at radius 1 is 0.950 bits per heavy atom. The fourth-order valence-corrected chi connectivity index (χ4v) is 2.60. The van der Waals surface area contributed by atoms with E-state index < -0.39 is 0 Å². The zero-order valence-electron chi connectivity index (χ0n) is 10.8. The van der Waals surface area contributed by atoms with E-state index in [1.807, 2.05) is 49.4 Å². The van der Waals surface area contributed by atoms with E-state index in [0.717, 1.165) is 27.6 Å². The molecule has 3 rings (SSSR count). The van der Waals surface area contributed by atoms with E-state index >= 15 is 0 Å². The van der Waals surface area contributed by atoms with E-state index in [0.29, 0.717) is 15.9 Å². The molecule has 20 heavy (non-hydrogen) atoms. The van der Waals surface area contributed by atoms with Gasteiger partial charge in [-0.3, -0.25) is 0 Å². The topological polar surface area (TPSA) is 38.9 Å². The van der Waals surface area contributed by atoms with Crippen LogP contribution >= 0.6 is 23.2 Å². The van der Waals surface area contributed by atoms with Gasteiger partial charge in [-0.1, -0.05) is 35.3 Å². The first-order chi connectivity index (χ1) is 9.54. The zero-order chi connectivity index (χ0) is 14.3. The molecule has 0 bridgehead atoms. The normalized spacial score (nSPS) is 10.9. The lowest BCUT2D eigenvalue weighted by Gasteiger charge is -2.09. The molecular formula is C16H12Cl2N2. The summed E-state index contributed by atoms with van der Waals surface area (Å²) in [5, 5.41) is 3.21. The average molecular weight is 303 g/mol. The van der Waals surface area contributed by atoms with E-state index in [4.69, 9.17) is 28.9 Å². The second kappa shape index (κ2) is 4.97. The minimum Gasteiger partial charge on any atom is -0.383 e. The Hall–Kier alpha value is -1.77. The van der Waals surface area contributed by atoms with Gasteiger partial charge in [0, 0.05) is 21.0 Å². The van der Waals surface area contributed by atoms with Gasteiger partial charge in [-0.25, -0.2) is 4.98 Å². The summed E-state index contributed by atoms with van der Waals surface area (Å²) in [4.78, 5) is 4.48. The summed E-state index contributed by atoms with van der Waals surface area (Å²) in [6.07, 6.45) is 0. The molecule has 1 aromatic heterocycles. The summed E-state index contributed by atoms with van der Waals surface area (Å²) in [6.45, 7) is 2.02. The van der Waals surface area contributed by atoms with Crippen LogP contribution in [0, 0.1) is 6.92 Å². The van der Waals surface area contributed by atoms with Crippen LogP contribution in [0.25, 0.3) is 22.0 Å². The van der Waals surface area contributed by atoms with E-state index in [2.05, 4.69) is 4.98 Å². The number of hydrogen-bond acceptors (Lipinski definition) is 2. The minimum atomic E-state index is 0.472. The van der Waals surface area contributed by atoms with Crippen molar-refractivity contribution in [3.8, 4) is 11.3 Å². The highest BCUT2D eigenvalue weighted by Gasteiger charge is 2.09. The lowest BCUT2D eigenvalue weighted by atomic mass is 10.0. The molecule has 2 nitrogen and oxygen atoms in total. The van der Waals surface area contributed by atoms with Crippen LogP contribution in [0.5, 0.6) is 0 Å². The summed E-state index contributed by atoms with van der Waals surface area (Å²) in [7, 11) is 0. The molecule has 0 radical (unpaired) electrons. The molecule has 4 heteroatoms. The molecular weight excluding hydrogens is 291 g/mol. The van der Waals surface area contributed by atoms with Crippen molar-refractivity contribution in [2.45, 2.75) is 6.92 Å². The number of nitrogens with zero attached hydrogens (tertiary/aromatic N) is 1. The van der Waals surface area contributed by atoms with Gasteiger partial charge in [0.1, 0.15) is 5.82 Å². The molecule has 0 unspecified atom stereocenters. The van der Waals surface area contributed by atoms with Crippen molar-refractivity contribution in [2.75, 3.05) is 5.73 Å². The molecule has 100 valence electrons. The second-order valence-electron chi connectivity index (χ2n) is 4.72. The highest BCUT2D eigenvalue weighted by atomic mass is 35.5. The van der Waals surface area contributed by atoms with Crippen molar-refractivity contribution in [2.24, 2.45) is 0 Å². The highest BCUT2D eigenvalue weighted by Crippen LogP contribution is 2.31. The maximum absolute atomic E-state index is 6.07. The largest absolute Gasteiger partial charge is 0.383 e. The maximum atomic E-state index is 6.07. The summed E-state index contributed by atoms with van der Waals surface area (Å²) < 4.78 is 0. The van der Waals surface area contributed by atoms with Gasteiger partial charge in [0.2, 0.25) is 0 Å². The lowest BCUT2D eigenvalue weighted by Crippen LogP contribution is -1.95. The van der Waals surface area contributed by atoms with Crippen molar-refractivity contribution < 1.29 is 0 Å². The molecule has 2 N–H and O–H groups in total. The van der Waals surface area contributed by atoms with Gasteiger partial charge in [-0.15, -0.1) is 0 Å². The Balaban J connectivity index is 2.27. The number of halogens is 2.